The number of hydrogen-bond acceptors (Lipinski definition) is 10. The predicted molar refractivity (Wildman–Crippen MR) is 195 cm³/mol. The molecule has 4 atom stereocenters. The largest absolute Gasteiger partial charge is 0.465 e. The third-order valence-corrected chi connectivity index (χ3v) is 10.8. The Balaban J connectivity index is 1.84. The average Bonchev–Trinajstić information content (AvgIpc) is 3.52. The number of anilines is 1. The van der Waals surface area contributed by atoms with Gasteiger partial charge in [0.2, 0.25) is 15.9 Å². The summed E-state index contributed by atoms with van der Waals surface area (Å²) in [5.41, 5.74) is 1.81. The lowest BCUT2D eigenvalue weighted by molar-refractivity contribution is -0.125. The molecule has 15 nitrogen and oxygen atoms in total. The fourth-order valence-electron chi connectivity index (χ4n) is 5.22. The summed E-state index contributed by atoms with van der Waals surface area (Å²) in [6, 6.07) is 12.5. The Kier molecular flexibility index (Phi) is 15.5. The number of aliphatic hydroxyl groups excluding tert-OH is 1. The van der Waals surface area contributed by atoms with Gasteiger partial charge in [-0.1, -0.05) is 81.8 Å². The molecule has 0 spiro atoms. The molecule has 1 aromatic heterocycles. The zero-order valence-electron chi connectivity index (χ0n) is 29.4. The Labute approximate surface area is 302 Å². The van der Waals surface area contributed by atoms with Crippen molar-refractivity contribution < 1.29 is 33.0 Å². The van der Waals surface area contributed by atoms with E-state index in [9.17, 15) is 32.8 Å². The van der Waals surface area contributed by atoms with E-state index >= 15 is 0 Å². The van der Waals surface area contributed by atoms with E-state index < -0.39 is 46.2 Å². The van der Waals surface area contributed by atoms with Crippen LogP contribution in [0.25, 0.3) is 0 Å². The van der Waals surface area contributed by atoms with Crippen molar-refractivity contribution in [2.75, 3.05) is 25.5 Å². The number of rotatable bonds is 19. The maximum absolute atomic E-state index is 13.9. The van der Waals surface area contributed by atoms with Crippen LogP contribution < -0.4 is 16.0 Å². The van der Waals surface area contributed by atoms with Crippen LogP contribution in [0.4, 0.5) is 14.7 Å². The molecule has 4 amide bonds. The summed E-state index contributed by atoms with van der Waals surface area (Å²) in [7, 11) is -2.58. The molecule has 17 heteroatoms. The molecule has 2 aromatic carbocycles. The first-order chi connectivity index (χ1) is 24.1. The molecule has 1 heterocycles. The second kappa shape index (κ2) is 19.2. The highest BCUT2D eigenvalue weighted by Gasteiger charge is 2.34. The van der Waals surface area contributed by atoms with Gasteiger partial charge in [-0.05, 0) is 41.5 Å². The van der Waals surface area contributed by atoms with Crippen LogP contribution in [0, 0.1) is 16.7 Å². The van der Waals surface area contributed by atoms with Gasteiger partial charge in [-0.25, -0.2) is 23.0 Å². The number of nitroso groups, excluding NO2 is 1. The molecule has 278 valence electrons. The summed E-state index contributed by atoms with van der Waals surface area (Å²) in [5, 5.41) is 33.1. The van der Waals surface area contributed by atoms with E-state index in [4.69, 9.17) is 5.11 Å². The Bertz CT molecular complexity index is 1700. The van der Waals surface area contributed by atoms with Gasteiger partial charge in [-0.2, -0.15) is 9.21 Å². The van der Waals surface area contributed by atoms with Gasteiger partial charge in [0, 0.05) is 25.5 Å². The van der Waals surface area contributed by atoms with Crippen molar-refractivity contribution in [3.63, 3.8) is 0 Å². The molecule has 0 aliphatic carbocycles. The average molecular weight is 746 g/mol. The number of hydrogen-bond donors (Lipinski definition) is 5. The van der Waals surface area contributed by atoms with Crippen molar-refractivity contribution in [2.45, 2.75) is 76.7 Å². The van der Waals surface area contributed by atoms with E-state index in [1.807, 2.05) is 58.0 Å². The molecule has 0 fully saturated rings. The molecular weight excluding hydrogens is 699 g/mol. The van der Waals surface area contributed by atoms with Crippen molar-refractivity contribution in [3.05, 3.63) is 81.7 Å². The van der Waals surface area contributed by atoms with Gasteiger partial charge in [-0.3, -0.25) is 10.1 Å². The van der Waals surface area contributed by atoms with Gasteiger partial charge < -0.3 is 25.7 Å². The van der Waals surface area contributed by atoms with Crippen LogP contribution >= 0.6 is 11.3 Å². The maximum Gasteiger partial charge on any atom is 0.410 e. The summed E-state index contributed by atoms with van der Waals surface area (Å²) in [6.07, 6.45) is -1.90. The molecule has 0 aliphatic rings. The van der Waals surface area contributed by atoms with Crippen LogP contribution in [-0.4, -0.2) is 89.2 Å². The van der Waals surface area contributed by atoms with Crippen LogP contribution in [0.2, 0.25) is 0 Å². The van der Waals surface area contributed by atoms with Crippen molar-refractivity contribution in [2.24, 2.45) is 17.0 Å². The summed E-state index contributed by atoms with van der Waals surface area (Å²) in [5.74, 6) is -0.970. The third-order valence-electron chi connectivity index (χ3n) is 8.14. The summed E-state index contributed by atoms with van der Waals surface area (Å²) < 4.78 is 28.9. The highest BCUT2D eigenvalue weighted by Crippen LogP contribution is 2.21. The van der Waals surface area contributed by atoms with Crippen LogP contribution in [0.15, 0.2) is 70.0 Å². The number of aromatic nitrogens is 1. The number of amides is 4. The second-order valence-corrected chi connectivity index (χ2v) is 15.6. The molecule has 5 N–H and O–H groups in total. The van der Waals surface area contributed by atoms with E-state index in [1.165, 1.54) is 40.5 Å². The van der Waals surface area contributed by atoms with Gasteiger partial charge in [0.05, 0.1) is 29.3 Å². The van der Waals surface area contributed by atoms with Crippen molar-refractivity contribution in [3.8, 4) is 0 Å². The molecule has 51 heavy (non-hydrogen) atoms. The SMILES string of the molecule is CC[C@H](C)[C@H](NC(=O)N(C)Cc1csc(NC(=O)O)n1)C(=O)N[C@@H](Cc1ccccc1)[C@H](O)CN(CC(C)C)S(=O)(=O)c1ccc(CN=O)cc1. The van der Waals surface area contributed by atoms with Gasteiger partial charge in [-0.15, -0.1) is 11.3 Å². The minimum absolute atomic E-state index is 0.00988. The van der Waals surface area contributed by atoms with E-state index in [0.717, 1.165) is 16.9 Å². The lowest BCUT2D eigenvalue weighted by atomic mass is 9.96. The van der Waals surface area contributed by atoms with E-state index in [0.29, 0.717) is 17.7 Å². The molecule has 3 aromatic rings. The Morgan fingerprint density at radius 2 is 1.65 bits per heavy atom. The number of nitrogens with zero attached hydrogens (tertiary/aromatic N) is 4. The van der Waals surface area contributed by atoms with Crippen LogP contribution in [0.1, 0.15) is 50.9 Å². The van der Waals surface area contributed by atoms with E-state index in [1.54, 1.807) is 5.38 Å². The van der Waals surface area contributed by atoms with Crippen molar-refractivity contribution >= 4 is 44.5 Å². The number of benzene rings is 2. The molecule has 0 aliphatic heterocycles. The minimum atomic E-state index is -4.10. The van der Waals surface area contributed by atoms with Gasteiger partial charge >= 0.3 is 12.1 Å². The normalized spacial score (nSPS) is 14.0. The lowest BCUT2D eigenvalue weighted by Gasteiger charge is -2.33. The Hall–Kier alpha value is -4.45. The number of aliphatic hydroxyl groups is 1. The lowest BCUT2D eigenvalue weighted by Crippen LogP contribution is -2.58. The topological polar surface area (TPSA) is 211 Å². The Morgan fingerprint density at radius 3 is 2.24 bits per heavy atom. The number of nitrogens with one attached hydrogen (secondary N) is 3. The second-order valence-electron chi connectivity index (χ2n) is 12.8. The number of sulfonamides is 1. The molecule has 0 radical (unpaired) electrons. The molecule has 3 rings (SSSR count). The predicted octanol–water partition coefficient (Wildman–Crippen LogP) is 4.49. The van der Waals surface area contributed by atoms with Crippen molar-refractivity contribution in [1.29, 1.82) is 0 Å². The highest BCUT2D eigenvalue weighted by atomic mass is 32.2. The summed E-state index contributed by atoms with van der Waals surface area (Å²) in [4.78, 5) is 54.3. The van der Waals surface area contributed by atoms with Crippen LogP contribution in [0.5, 0.6) is 0 Å². The molecule has 0 bridgehead atoms. The molecule has 0 saturated heterocycles. The van der Waals surface area contributed by atoms with Gasteiger partial charge in [0.15, 0.2) is 5.13 Å². The minimum Gasteiger partial charge on any atom is -0.465 e. The summed E-state index contributed by atoms with van der Waals surface area (Å²) in [6.45, 7) is 7.11. The van der Waals surface area contributed by atoms with Gasteiger partial charge in [0.25, 0.3) is 0 Å². The first-order valence-corrected chi connectivity index (χ1v) is 18.8. The highest BCUT2D eigenvalue weighted by molar-refractivity contribution is 7.89. The Morgan fingerprint density at radius 1 is 0.980 bits per heavy atom. The fraction of sp³-hybridized carbons (Fsp3) is 0.471. The standard InChI is InChI=1S/C34H47N7O8S2/c1-6-23(4)30(38-33(44)40(5)19-26-21-50-32(36-26)39-34(45)46)31(43)37-28(16-24-10-8-7-9-11-24)29(42)20-41(18-22(2)3)51(48,49)27-14-12-25(13-15-27)17-35-47/h7-15,21-23,28-30,42H,6,16-20H2,1-5H3,(H,36,39)(H,37,43)(H,38,44)(H,45,46)/t23-,28-,29+,30-/m0/s1. The van der Waals surface area contributed by atoms with Crippen LogP contribution in [0.3, 0.4) is 0 Å². The number of carboxylic acid groups (broad SMARTS) is 1. The fourth-order valence-corrected chi connectivity index (χ4v) is 7.53. The number of thiazole rings is 1. The first kappa shape index (κ1) is 41.0. The van der Waals surface area contributed by atoms with Crippen LogP contribution in [-0.2, 0) is 34.3 Å². The number of carbonyl (C=O) groups excluding carboxylic acids is 2. The molecular formula is C34H47N7O8S2. The number of carbonyl (C=O) groups is 3. The third kappa shape index (κ3) is 12.4. The molecule has 0 unspecified atom stereocenters. The number of urea groups is 1. The zero-order valence-corrected chi connectivity index (χ0v) is 31.0. The van der Waals surface area contributed by atoms with Gasteiger partial charge in [0.1, 0.15) is 12.6 Å². The monoisotopic (exact) mass is 745 g/mol. The summed E-state index contributed by atoms with van der Waals surface area (Å²) >= 11 is 1.07. The zero-order chi connectivity index (χ0) is 37.7. The van der Waals surface area contributed by atoms with E-state index in [-0.39, 0.29) is 54.5 Å². The van der Waals surface area contributed by atoms with Crippen molar-refractivity contribution in [1.82, 2.24) is 24.8 Å². The smallest absolute Gasteiger partial charge is 0.410 e. The maximum atomic E-state index is 13.9. The molecule has 0 saturated carbocycles. The first-order valence-electron chi connectivity index (χ1n) is 16.5. The van der Waals surface area contributed by atoms with E-state index in [2.05, 4.69) is 26.1 Å². The quantitative estimate of drug-likeness (QED) is 0.109.